The van der Waals surface area contributed by atoms with E-state index in [0.29, 0.717) is 28.5 Å². The molecule has 192 valence electrons. The Balaban J connectivity index is 1.54. The van der Waals surface area contributed by atoms with E-state index in [4.69, 9.17) is 8.83 Å². The molecule has 2 aromatic carbocycles. The van der Waals surface area contributed by atoms with Gasteiger partial charge in [-0.05, 0) is 30.0 Å². The Morgan fingerprint density at radius 2 is 1.76 bits per heavy atom. The van der Waals surface area contributed by atoms with E-state index in [1.54, 1.807) is 26.2 Å². The van der Waals surface area contributed by atoms with Crippen LogP contribution in [0.3, 0.4) is 0 Å². The summed E-state index contributed by atoms with van der Waals surface area (Å²) in [5.74, 6) is -2.60. The van der Waals surface area contributed by atoms with Crippen molar-refractivity contribution in [3.8, 4) is 11.1 Å². The number of carbonyl (C=O) groups excluding carboxylic acids is 2. The van der Waals surface area contributed by atoms with Crippen molar-refractivity contribution in [3.63, 3.8) is 0 Å². The van der Waals surface area contributed by atoms with Crippen LogP contribution in [-0.2, 0) is 20.8 Å². The molecular formula is C28H28N2O7. The van der Waals surface area contributed by atoms with Crippen molar-refractivity contribution in [2.75, 3.05) is 6.54 Å². The molecule has 37 heavy (non-hydrogen) atoms. The average Bonchev–Trinajstić information content (AvgIpc) is 3.30. The van der Waals surface area contributed by atoms with Crippen LogP contribution < -0.4 is 16.3 Å². The molecule has 0 radical (unpaired) electrons. The summed E-state index contributed by atoms with van der Waals surface area (Å²) < 4.78 is 11.2. The third-order valence-electron chi connectivity index (χ3n) is 6.65. The zero-order valence-corrected chi connectivity index (χ0v) is 20.8. The maximum absolute atomic E-state index is 12.7. The van der Waals surface area contributed by atoms with Crippen LogP contribution in [0.1, 0.15) is 31.4 Å². The maximum atomic E-state index is 12.7. The Labute approximate surface area is 212 Å². The molecule has 0 saturated heterocycles. The first-order valence-electron chi connectivity index (χ1n) is 12.0. The second-order valence-electron chi connectivity index (χ2n) is 9.08. The third kappa shape index (κ3) is 5.40. The fourth-order valence-corrected chi connectivity index (χ4v) is 4.27. The summed E-state index contributed by atoms with van der Waals surface area (Å²) in [5.41, 5.74) is 2.91. The number of amides is 2. The Morgan fingerprint density at radius 1 is 1.03 bits per heavy atom. The third-order valence-corrected chi connectivity index (χ3v) is 6.65. The fourth-order valence-electron chi connectivity index (χ4n) is 4.27. The molecule has 0 aliphatic carbocycles. The summed E-state index contributed by atoms with van der Waals surface area (Å²) in [7, 11) is 0. The molecule has 0 saturated carbocycles. The van der Waals surface area contributed by atoms with Gasteiger partial charge < -0.3 is 24.6 Å². The van der Waals surface area contributed by atoms with Crippen LogP contribution >= 0.6 is 0 Å². The fraction of sp³-hybridized carbons (Fsp3) is 0.286. The van der Waals surface area contributed by atoms with Gasteiger partial charge in [-0.3, -0.25) is 9.59 Å². The molecule has 0 bridgehead atoms. The van der Waals surface area contributed by atoms with Gasteiger partial charge in [-0.2, -0.15) is 0 Å². The number of rotatable bonds is 9. The van der Waals surface area contributed by atoms with E-state index in [9.17, 15) is 24.3 Å². The van der Waals surface area contributed by atoms with Crippen LogP contribution in [0.4, 0.5) is 0 Å². The van der Waals surface area contributed by atoms with Crippen LogP contribution in [0.2, 0.25) is 0 Å². The first kappa shape index (κ1) is 25.7. The highest BCUT2D eigenvalue weighted by molar-refractivity contribution is 6.02. The molecule has 2 amide bonds. The van der Waals surface area contributed by atoms with E-state index in [2.05, 4.69) is 10.6 Å². The molecule has 3 N–H and O–H groups in total. The Kier molecular flexibility index (Phi) is 7.42. The van der Waals surface area contributed by atoms with E-state index in [0.717, 1.165) is 16.5 Å². The van der Waals surface area contributed by atoms with Gasteiger partial charge in [-0.25, -0.2) is 9.59 Å². The van der Waals surface area contributed by atoms with Gasteiger partial charge in [0.1, 0.15) is 17.2 Å². The number of carbonyl (C=O) groups is 3. The molecule has 9 nitrogen and oxygen atoms in total. The Morgan fingerprint density at radius 3 is 2.43 bits per heavy atom. The number of fused-ring (bicyclic) bond motifs is 2. The SMILES string of the molecule is CC[C@@H](C)[C@H](NC(=O)CNC(=O)Cc1c(C)c2cc3c(-c4ccccc4)coc3cc2oc1=O)C(=O)O. The molecule has 2 aromatic heterocycles. The number of aliphatic carboxylic acids is 1. The van der Waals surface area contributed by atoms with Crippen molar-refractivity contribution in [1.29, 1.82) is 0 Å². The molecule has 2 atom stereocenters. The zero-order valence-electron chi connectivity index (χ0n) is 20.8. The molecule has 4 aromatic rings. The van der Waals surface area contributed by atoms with Gasteiger partial charge in [0.05, 0.1) is 24.8 Å². The minimum Gasteiger partial charge on any atom is -0.480 e. The predicted molar refractivity (Wildman–Crippen MR) is 138 cm³/mol. The summed E-state index contributed by atoms with van der Waals surface area (Å²) in [6, 6.07) is 12.2. The quantitative estimate of drug-likeness (QED) is 0.295. The molecule has 9 heteroatoms. The summed E-state index contributed by atoms with van der Waals surface area (Å²) in [6.07, 6.45) is 1.93. The van der Waals surface area contributed by atoms with Gasteiger partial charge in [0.15, 0.2) is 0 Å². The number of carboxylic acid groups (broad SMARTS) is 1. The van der Waals surface area contributed by atoms with Gasteiger partial charge in [0.25, 0.3) is 0 Å². The number of benzene rings is 2. The number of furan rings is 1. The lowest BCUT2D eigenvalue weighted by Crippen LogP contribution is -2.48. The normalized spacial score (nSPS) is 12.8. The zero-order chi connectivity index (χ0) is 26.7. The lowest BCUT2D eigenvalue weighted by Gasteiger charge is -2.20. The van der Waals surface area contributed by atoms with Crippen LogP contribution in [0.25, 0.3) is 33.1 Å². The van der Waals surface area contributed by atoms with E-state index in [1.165, 1.54) is 0 Å². The topological polar surface area (TPSA) is 139 Å². The van der Waals surface area contributed by atoms with E-state index < -0.39 is 36.0 Å². The van der Waals surface area contributed by atoms with Crippen molar-refractivity contribution < 1.29 is 28.3 Å². The summed E-state index contributed by atoms with van der Waals surface area (Å²) >= 11 is 0. The molecule has 0 unspecified atom stereocenters. The number of carboxylic acids is 1. The Bertz CT molecular complexity index is 1540. The molecule has 4 rings (SSSR count). The van der Waals surface area contributed by atoms with Gasteiger partial charge in [0, 0.05) is 22.4 Å². The van der Waals surface area contributed by atoms with Crippen LogP contribution in [0.5, 0.6) is 0 Å². The van der Waals surface area contributed by atoms with E-state index >= 15 is 0 Å². The van der Waals surface area contributed by atoms with Gasteiger partial charge in [0.2, 0.25) is 11.8 Å². The molecule has 0 fully saturated rings. The summed E-state index contributed by atoms with van der Waals surface area (Å²) in [4.78, 5) is 48.9. The van der Waals surface area contributed by atoms with Crippen LogP contribution in [0, 0.1) is 12.8 Å². The van der Waals surface area contributed by atoms with Crippen molar-refractivity contribution in [3.05, 3.63) is 70.3 Å². The summed E-state index contributed by atoms with van der Waals surface area (Å²) in [6.45, 7) is 4.88. The second-order valence-corrected chi connectivity index (χ2v) is 9.08. The first-order valence-corrected chi connectivity index (χ1v) is 12.0. The van der Waals surface area contributed by atoms with Crippen LogP contribution in [0.15, 0.2) is 62.4 Å². The van der Waals surface area contributed by atoms with E-state index in [-0.39, 0.29) is 17.9 Å². The maximum Gasteiger partial charge on any atom is 0.340 e. The number of hydrogen-bond acceptors (Lipinski definition) is 6. The van der Waals surface area contributed by atoms with Crippen molar-refractivity contribution in [2.24, 2.45) is 5.92 Å². The second kappa shape index (κ2) is 10.7. The monoisotopic (exact) mass is 504 g/mol. The summed E-state index contributed by atoms with van der Waals surface area (Å²) in [5, 5.41) is 15.7. The van der Waals surface area contributed by atoms with Crippen molar-refractivity contribution >= 4 is 39.7 Å². The van der Waals surface area contributed by atoms with Crippen LogP contribution in [-0.4, -0.2) is 35.5 Å². The molecular weight excluding hydrogens is 476 g/mol. The van der Waals surface area contributed by atoms with Crippen molar-refractivity contribution in [1.82, 2.24) is 10.6 Å². The standard InChI is InChI=1S/C28H28N2O7/c1-4-15(2)26(27(33)34)30-25(32)13-29-24(31)11-19-16(3)18-10-20-21(17-8-6-5-7-9-17)14-36-22(20)12-23(18)37-28(19)35/h5-10,12,14-15,26H,4,11,13H2,1-3H3,(H,29,31)(H,30,32)(H,33,34)/t15-,26+/m1/s1. The lowest BCUT2D eigenvalue weighted by molar-refractivity contribution is -0.143. The lowest BCUT2D eigenvalue weighted by atomic mass is 9.99. The molecule has 0 aliphatic heterocycles. The van der Waals surface area contributed by atoms with Gasteiger partial charge >= 0.3 is 11.6 Å². The predicted octanol–water partition coefficient (Wildman–Crippen LogP) is 3.79. The van der Waals surface area contributed by atoms with Crippen molar-refractivity contribution in [2.45, 2.75) is 39.7 Å². The molecule has 0 aliphatic rings. The largest absolute Gasteiger partial charge is 0.480 e. The number of aryl methyl sites for hydroxylation is 1. The van der Waals surface area contributed by atoms with E-state index in [1.807, 2.05) is 43.3 Å². The first-order chi connectivity index (χ1) is 17.7. The molecule has 2 heterocycles. The minimum absolute atomic E-state index is 0.178. The minimum atomic E-state index is -1.14. The average molecular weight is 505 g/mol. The molecule has 0 spiro atoms. The highest BCUT2D eigenvalue weighted by Gasteiger charge is 2.25. The van der Waals surface area contributed by atoms with Gasteiger partial charge in [-0.1, -0.05) is 50.6 Å². The highest BCUT2D eigenvalue weighted by Crippen LogP contribution is 2.34. The Hall–Kier alpha value is -4.40. The number of hydrogen-bond donors (Lipinski definition) is 3. The highest BCUT2D eigenvalue weighted by atomic mass is 16.4. The number of nitrogens with one attached hydrogen (secondary N) is 2. The van der Waals surface area contributed by atoms with Gasteiger partial charge in [-0.15, -0.1) is 0 Å². The smallest absolute Gasteiger partial charge is 0.340 e.